The van der Waals surface area contributed by atoms with Crippen LogP contribution >= 0.6 is 0 Å². The Morgan fingerprint density at radius 3 is 1.73 bits per heavy atom. The Bertz CT molecular complexity index is 153. The smallest absolute Gasteiger partial charge is 0.131 e. The Morgan fingerprint density at radius 2 is 1.64 bits per heavy atom. The van der Waals surface area contributed by atoms with Crippen molar-refractivity contribution in [1.82, 2.24) is 0 Å². The van der Waals surface area contributed by atoms with Gasteiger partial charge in [0.1, 0.15) is 5.78 Å². The highest BCUT2D eigenvalue weighted by Crippen LogP contribution is 2.30. The minimum atomic E-state index is -0.390. The molecule has 0 heterocycles. The fourth-order valence-corrected chi connectivity index (χ4v) is 0.782. The zero-order valence-electron chi connectivity index (χ0n) is 8.19. The van der Waals surface area contributed by atoms with E-state index < -0.39 is 5.54 Å². The lowest BCUT2D eigenvalue weighted by atomic mass is 9.73. The average Bonchev–Trinajstić information content (AvgIpc) is 1.56. The van der Waals surface area contributed by atoms with Gasteiger partial charge in [-0.05, 0) is 19.3 Å². The first-order chi connectivity index (χ1) is 4.67. The van der Waals surface area contributed by atoms with E-state index in [1.54, 1.807) is 6.92 Å². The second-order valence-corrected chi connectivity index (χ2v) is 4.55. The lowest BCUT2D eigenvalue weighted by molar-refractivity contribution is -0.118. The van der Waals surface area contributed by atoms with Gasteiger partial charge in [0.15, 0.2) is 0 Å². The number of nitrogens with two attached hydrogens (primary N) is 1. The van der Waals surface area contributed by atoms with Crippen LogP contribution in [-0.2, 0) is 4.79 Å². The molecule has 0 radical (unpaired) electrons. The van der Waals surface area contributed by atoms with Crippen LogP contribution in [-0.4, -0.2) is 11.3 Å². The molecule has 0 aliphatic carbocycles. The summed E-state index contributed by atoms with van der Waals surface area (Å²) in [7, 11) is 0. The summed E-state index contributed by atoms with van der Waals surface area (Å²) in [6, 6.07) is 0. The first-order valence-electron chi connectivity index (χ1n) is 3.95. The van der Waals surface area contributed by atoms with Gasteiger partial charge in [-0.1, -0.05) is 20.8 Å². The maximum Gasteiger partial charge on any atom is 0.131 e. The molecule has 2 N–H and O–H groups in total. The first-order valence-corrected chi connectivity index (χ1v) is 3.95. The van der Waals surface area contributed by atoms with Crippen LogP contribution < -0.4 is 5.73 Å². The van der Waals surface area contributed by atoms with Gasteiger partial charge in [0, 0.05) is 12.0 Å². The van der Waals surface area contributed by atoms with E-state index in [1.807, 2.05) is 6.92 Å². The van der Waals surface area contributed by atoms with Gasteiger partial charge in [0.25, 0.3) is 0 Å². The first kappa shape index (κ1) is 10.6. The highest BCUT2D eigenvalue weighted by molar-refractivity contribution is 5.76. The van der Waals surface area contributed by atoms with Crippen LogP contribution in [0.15, 0.2) is 0 Å². The molecule has 0 spiro atoms. The fourth-order valence-electron chi connectivity index (χ4n) is 0.782. The predicted molar refractivity (Wildman–Crippen MR) is 47.3 cm³/mol. The van der Waals surface area contributed by atoms with E-state index in [9.17, 15) is 4.79 Å². The van der Waals surface area contributed by atoms with Crippen molar-refractivity contribution in [2.24, 2.45) is 11.1 Å². The largest absolute Gasteiger partial charge is 0.324 e. The molecule has 66 valence electrons. The number of hydrogen-bond donors (Lipinski definition) is 1. The van der Waals surface area contributed by atoms with Crippen molar-refractivity contribution in [1.29, 1.82) is 0 Å². The fraction of sp³-hybridized carbons (Fsp3) is 0.889. The molecule has 0 aromatic carbocycles. The van der Waals surface area contributed by atoms with Gasteiger partial charge in [0.2, 0.25) is 0 Å². The van der Waals surface area contributed by atoms with Crippen LogP contribution in [0.2, 0.25) is 0 Å². The number of carbonyl (C=O) groups excluding carboxylic acids is 1. The quantitative estimate of drug-likeness (QED) is 0.663. The zero-order valence-corrected chi connectivity index (χ0v) is 8.19. The molecule has 0 aromatic heterocycles. The molecule has 0 fully saturated rings. The van der Waals surface area contributed by atoms with Crippen molar-refractivity contribution >= 4 is 5.78 Å². The van der Waals surface area contributed by atoms with Gasteiger partial charge in [0.05, 0.1) is 0 Å². The Hall–Kier alpha value is -0.370. The van der Waals surface area contributed by atoms with Crippen LogP contribution in [0.5, 0.6) is 0 Å². The van der Waals surface area contributed by atoms with Gasteiger partial charge in [-0.2, -0.15) is 0 Å². The van der Waals surface area contributed by atoms with Gasteiger partial charge in [-0.15, -0.1) is 0 Å². The summed E-state index contributed by atoms with van der Waals surface area (Å²) in [4.78, 5) is 10.8. The Labute approximate surface area is 69.2 Å². The van der Waals surface area contributed by atoms with E-state index in [2.05, 4.69) is 20.8 Å². The molecular formula is C9H19NO. The van der Waals surface area contributed by atoms with Crippen LogP contribution in [0.25, 0.3) is 0 Å². The normalized spacial score (nSPS) is 17.6. The molecular weight excluding hydrogens is 138 g/mol. The highest BCUT2D eigenvalue weighted by Gasteiger charge is 2.34. The molecule has 0 aliphatic heterocycles. The SMILES string of the molecule is CC(=O)CC(C)(N)C(C)(C)C. The maximum atomic E-state index is 10.8. The molecule has 2 heteroatoms. The third-order valence-corrected chi connectivity index (χ3v) is 2.33. The van der Waals surface area contributed by atoms with Crippen LogP contribution in [0.3, 0.4) is 0 Å². The van der Waals surface area contributed by atoms with E-state index >= 15 is 0 Å². The lowest BCUT2D eigenvalue weighted by Gasteiger charge is -2.37. The molecule has 0 rings (SSSR count). The van der Waals surface area contributed by atoms with Crippen molar-refractivity contribution in [2.45, 2.75) is 46.6 Å². The average molecular weight is 157 g/mol. The van der Waals surface area contributed by atoms with Gasteiger partial charge < -0.3 is 5.73 Å². The summed E-state index contributed by atoms with van der Waals surface area (Å²) < 4.78 is 0. The standard InChI is InChI=1S/C9H19NO/c1-7(11)6-9(5,10)8(2,3)4/h6,10H2,1-5H3. The molecule has 0 saturated heterocycles. The molecule has 0 aromatic rings. The minimum absolute atomic E-state index is 0.0152. The molecule has 0 amide bonds. The van der Waals surface area contributed by atoms with Crippen molar-refractivity contribution in [3.8, 4) is 0 Å². The van der Waals surface area contributed by atoms with Gasteiger partial charge >= 0.3 is 0 Å². The number of carbonyl (C=O) groups is 1. The van der Waals surface area contributed by atoms with E-state index in [0.29, 0.717) is 6.42 Å². The summed E-state index contributed by atoms with van der Waals surface area (Å²) in [5.74, 6) is 0.157. The second kappa shape index (κ2) is 2.94. The summed E-state index contributed by atoms with van der Waals surface area (Å²) in [5, 5.41) is 0. The van der Waals surface area contributed by atoms with Gasteiger partial charge in [-0.3, -0.25) is 4.79 Å². The highest BCUT2D eigenvalue weighted by atomic mass is 16.1. The number of hydrogen-bond acceptors (Lipinski definition) is 2. The summed E-state index contributed by atoms with van der Waals surface area (Å²) in [5.41, 5.74) is 5.57. The number of rotatable bonds is 2. The topological polar surface area (TPSA) is 43.1 Å². The van der Waals surface area contributed by atoms with Crippen LogP contribution in [0, 0.1) is 5.41 Å². The summed E-state index contributed by atoms with van der Waals surface area (Å²) in [6.07, 6.45) is 0.455. The van der Waals surface area contributed by atoms with E-state index in [1.165, 1.54) is 0 Å². The van der Waals surface area contributed by atoms with Crippen molar-refractivity contribution < 1.29 is 4.79 Å². The molecule has 2 nitrogen and oxygen atoms in total. The maximum absolute atomic E-state index is 10.8. The Kier molecular flexibility index (Phi) is 2.84. The predicted octanol–water partition coefficient (Wildman–Crippen LogP) is 1.73. The Balaban J connectivity index is 4.34. The van der Waals surface area contributed by atoms with E-state index in [-0.39, 0.29) is 11.2 Å². The van der Waals surface area contributed by atoms with E-state index in [0.717, 1.165) is 0 Å². The van der Waals surface area contributed by atoms with Crippen LogP contribution in [0.1, 0.15) is 41.0 Å². The lowest BCUT2D eigenvalue weighted by Crippen LogP contribution is -2.49. The van der Waals surface area contributed by atoms with Gasteiger partial charge in [-0.25, -0.2) is 0 Å². The third-order valence-electron chi connectivity index (χ3n) is 2.33. The second-order valence-electron chi connectivity index (χ2n) is 4.55. The molecule has 0 saturated carbocycles. The molecule has 0 aliphatic rings. The zero-order chi connectivity index (χ0) is 9.28. The molecule has 0 bridgehead atoms. The summed E-state index contributed by atoms with van der Waals surface area (Å²) >= 11 is 0. The minimum Gasteiger partial charge on any atom is -0.324 e. The monoisotopic (exact) mass is 157 g/mol. The molecule has 1 unspecified atom stereocenters. The Morgan fingerprint density at radius 1 is 1.27 bits per heavy atom. The summed E-state index contributed by atoms with van der Waals surface area (Å²) in [6.45, 7) is 9.66. The number of ketones is 1. The molecule has 1 atom stereocenters. The van der Waals surface area contributed by atoms with Crippen molar-refractivity contribution in [3.05, 3.63) is 0 Å². The molecule has 11 heavy (non-hydrogen) atoms. The third kappa shape index (κ3) is 3.02. The van der Waals surface area contributed by atoms with Crippen molar-refractivity contribution in [2.75, 3.05) is 0 Å². The number of Topliss-reactive ketones (excluding diaryl/α,β-unsaturated/α-hetero) is 1. The van der Waals surface area contributed by atoms with Crippen molar-refractivity contribution in [3.63, 3.8) is 0 Å². The van der Waals surface area contributed by atoms with Crippen LogP contribution in [0.4, 0.5) is 0 Å². The van der Waals surface area contributed by atoms with E-state index in [4.69, 9.17) is 5.73 Å².